The van der Waals surface area contributed by atoms with E-state index in [1.54, 1.807) is 55.5 Å². The van der Waals surface area contributed by atoms with Crippen LogP contribution >= 0.6 is 23.2 Å². The first-order valence-corrected chi connectivity index (χ1v) is 11.7. The number of rotatable bonds is 6. The molecule has 3 aromatic rings. The van der Waals surface area contributed by atoms with Gasteiger partial charge in [0.2, 0.25) is 0 Å². The van der Waals surface area contributed by atoms with Crippen LogP contribution in [0.15, 0.2) is 60.2 Å². The molecule has 184 valence electrons. The molecule has 0 bridgehead atoms. The molecule has 9 heteroatoms. The number of halogens is 2. The lowest BCUT2D eigenvalue weighted by Gasteiger charge is -2.27. The van der Waals surface area contributed by atoms with Crippen LogP contribution in [0.3, 0.4) is 0 Å². The molecule has 0 spiro atoms. The van der Waals surface area contributed by atoms with E-state index >= 15 is 0 Å². The van der Waals surface area contributed by atoms with Crippen molar-refractivity contribution in [2.75, 3.05) is 12.0 Å². The van der Waals surface area contributed by atoms with Gasteiger partial charge >= 0.3 is 6.03 Å². The third-order valence-electron chi connectivity index (χ3n) is 5.61. The van der Waals surface area contributed by atoms with Crippen LogP contribution in [0.25, 0.3) is 6.08 Å². The standard InChI is InChI=1S/C27H22Cl2N2O5/c1-15-4-9-23(16(2)10-15)31-26(33)21(25(32)30-27(31)34)11-17-6-8-20(35-3)13-24(17)36-14-18-5-7-19(28)12-22(18)29/h4-13H,14H2,1-3H3,(H,30,32,34)/b21-11+. The molecule has 1 heterocycles. The Labute approximate surface area is 218 Å². The van der Waals surface area contributed by atoms with Gasteiger partial charge in [-0.25, -0.2) is 9.69 Å². The minimum atomic E-state index is -0.808. The highest BCUT2D eigenvalue weighted by Crippen LogP contribution is 2.31. The van der Waals surface area contributed by atoms with Gasteiger partial charge in [-0.2, -0.15) is 0 Å². The molecule has 7 nitrogen and oxygen atoms in total. The zero-order valence-corrected chi connectivity index (χ0v) is 21.2. The molecule has 0 saturated carbocycles. The van der Waals surface area contributed by atoms with E-state index in [9.17, 15) is 14.4 Å². The highest BCUT2D eigenvalue weighted by molar-refractivity contribution is 6.39. The highest BCUT2D eigenvalue weighted by Gasteiger charge is 2.37. The minimum Gasteiger partial charge on any atom is -0.497 e. The van der Waals surface area contributed by atoms with Crippen LogP contribution in [0.2, 0.25) is 10.0 Å². The zero-order chi connectivity index (χ0) is 26.0. The lowest BCUT2D eigenvalue weighted by atomic mass is 10.0. The Hall–Kier alpha value is -3.81. The summed E-state index contributed by atoms with van der Waals surface area (Å²) in [5, 5.41) is 3.19. The molecule has 1 aliphatic heterocycles. The predicted octanol–water partition coefficient (Wildman–Crippen LogP) is 5.86. The zero-order valence-electron chi connectivity index (χ0n) is 19.7. The summed E-state index contributed by atoms with van der Waals surface area (Å²) in [4.78, 5) is 39.6. The number of hydrogen-bond acceptors (Lipinski definition) is 5. The van der Waals surface area contributed by atoms with Crippen LogP contribution < -0.4 is 19.7 Å². The van der Waals surface area contributed by atoms with Crippen LogP contribution in [0.4, 0.5) is 10.5 Å². The number of methoxy groups -OCH3 is 1. The van der Waals surface area contributed by atoms with Gasteiger partial charge < -0.3 is 9.47 Å². The summed E-state index contributed by atoms with van der Waals surface area (Å²) in [6.45, 7) is 3.80. The largest absolute Gasteiger partial charge is 0.497 e. The number of ether oxygens (including phenoxy) is 2. The van der Waals surface area contributed by atoms with Crippen LogP contribution in [0.5, 0.6) is 11.5 Å². The second-order valence-corrected chi connectivity index (χ2v) is 9.02. The first-order chi connectivity index (χ1) is 17.2. The molecule has 4 rings (SSSR count). The predicted molar refractivity (Wildman–Crippen MR) is 139 cm³/mol. The Morgan fingerprint density at radius 1 is 0.972 bits per heavy atom. The molecule has 0 atom stereocenters. The van der Waals surface area contributed by atoms with Crippen molar-refractivity contribution in [3.8, 4) is 11.5 Å². The molecule has 36 heavy (non-hydrogen) atoms. The molecule has 0 aliphatic carbocycles. The Morgan fingerprint density at radius 3 is 2.44 bits per heavy atom. The van der Waals surface area contributed by atoms with E-state index in [-0.39, 0.29) is 12.2 Å². The Balaban J connectivity index is 1.70. The van der Waals surface area contributed by atoms with E-state index in [0.717, 1.165) is 16.0 Å². The number of hydrogen-bond donors (Lipinski definition) is 1. The van der Waals surface area contributed by atoms with E-state index in [1.165, 1.54) is 13.2 Å². The van der Waals surface area contributed by atoms with Gasteiger partial charge in [-0.15, -0.1) is 0 Å². The van der Waals surface area contributed by atoms with E-state index in [0.29, 0.717) is 38.4 Å². The number of carbonyl (C=O) groups excluding carboxylic acids is 3. The maximum atomic E-state index is 13.4. The molecular formula is C27H22Cl2N2O5. The molecule has 4 amide bonds. The van der Waals surface area contributed by atoms with Gasteiger partial charge in [0.25, 0.3) is 11.8 Å². The summed E-state index contributed by atoms with van der Waals surface area (Å²) in [5.74, 6) is -0.670. The van der Waals surface area contributed by atoms with Crippen LogP contribution in [0, 0.1) is 13.8 Å². The second kappa shape index (κ2) is 10.4. The Bertz CT molecular complexity index is 1420. The number of anilines is 1. The summed E-state index contributed by atoms with van der Waals surface area (Å²) in [6.07, 6.45) is 1.39. The molecule has 0 unspecified atom stereocenters. The van der Waals surface area contributed by atoms with E-state index in [1.807, 2.05) is 13.0 Å². The summed E-state index contributed by atoms with van der Waals surface area (Å²) in [5.41, 5.74) is 3.02. The SMILES string of the molecule is COc1ccc(/C=C2\C(=O)NC(=O)N(c3ccc(C)cc3C)C2=O)c(OCc2ccc(Cl)cc2Cl)c1. The van der Waals surface area contributed by atoms with Gasteiger partial charge in [0.15, 0.2) is 0 Å². The summed E-state index contributed by atoms with van der Waals surface area (Å²) in [6, 6.07) is 14.5. The first-order valence-electron chi connectivity index (χ1n) is 10.9. The fourth-order valence-corrected chi connectivity index (χ4v) is 4.23. The fraction of sp³-hybridized carbons (Fsp3) is 0.148. The van der Waals surface area contributed by atoms with Crippen molar-refractivity contribution in [3.63, 3.8) is 0 Å². The number of imide groups is 2. The molecule has 3 aromatic carbocycles. The Kier molecular flexibility index (Phi) is 7.33. The van der Waals surface area contributed by atoms with Gasteiger partial charge in [0.1, 0.15) is 23.7 Å². The summed E-state index contributed by atoms with van der Waals surface area (Å²) in [7, 11) is 1.51. The number of nitrogens with one attached hydrogen (secondary N) is 1. The van der Waals surface area contributed by atoms with Gasteiger partial charge in [-0.3, -0.25) is 14.9 Å². The molecule has 1 aliphatic rings. The number of benzene rings is 3. The monoisotopic (exact) mass is 524 g/mol. The van der Waals surface area contributed by atoms with Crippen LogP contribution in [0.1, 0.15) is 22.3 Å². The van der Waals surface area contributed by atoms with E-state index in [2.05, 4.69) is 5.32 Å². The van der Waals surface area contributed by atoms with Crippen molar-refractivity contribution in [2.24, 2.45) is 0 Å². The van der Waals surface area contributed by atoms with Crippen molar-refractivity contribution in [1.82, 2.24) is 5.32 Å². The van der Waals surface area contributed by atoms with Crippen molar-refractivity contribution in [3.05, 3.63) is 92.5 Å². The number of aryl methyl sites for hydroxylation is 2. The van der Waals surface area contributed by atoms with Crippen molar-refractivity contribution >= 4 is 52.8 Å². The molecular weight excluding hydrogens is 503 g/mol. The molecule has 1 saturated heterocycles. The van der Waals surface area contributed by atoms with Gasteiger partial charge in [-0.1, -0.05) is 47.0 Å². The minimum absolute atomic E-state index is 0.104. The third-order valence-corrected chi connectivity index (χ3v) is 6.20. The lowest BCUT2D eigenvalue weighted by Crippen LogP contribution is -2.54. The van der Waals surface area contributed by atoms with Crippen molar-refractivity contribution in [1.29, 1.82) is 0 Å². The van der Waals surface area contributed by atoms with Gasteiger partial charge in [-0.05, 0) is 55.8 Å². The first kappa shape index (κ1) is 25.3. The Morgan fingerprint density at radius 2 is 1.75 bits per heavy atom. The average molecular weight is 525 g/mol. The molecule has 0 aromatic heterocycles. The highest BCUT2D eigenvalue weighted by atomic mass is 35.5. The van der Waals surface area contributed by atoms with E-state index in [4.69, 9.17) is 32.7 Å². The van der Waals surface area contributed by atoms with Gasteiger partial charge in [0, 0.05) is 27.2 Å². The summed E-state index contributed by atoms with van der Waals surface area (Å²) >= 11 is 12.2. The fourth-order valence-electron chi connectivity index (χ4n) is 3.77. The maximum absolute atomic E-state index is 13.4. The van der Waals surface area contributed by atoms with Crippen LogP contribution in [-0.2, 0) is 16.2 Å². The number of barbiturate groups is 1. The van der Waals surface area contributed by atoms with Crippen LogP contribution in [-0.4, -0.2) is 25.0 Å². The second-order valence-electron chi connectivity index (χ2n) is 8.18. The topological polar surface area (TPSA) is 84.9 Å². The quantitative estimate of drug-likeness (QED) is 0.322. The molecule has 0 radical (unpaired) electrons. The van der Waals surface area contributed by atoms with Gasteiger partial charge in [0.05, 0.1) is 12.8 Å². The summed E-state index contributed by atoms with van der Waals surface area (Å²) < 4.78 is 11.3. The number of carbonyl (C=O) groups is 3. The number of urea groups is 1. The third kappa shape index (κ3) is 5.22. The molecule has 1 N–H and O–H groups in total. The number of nitrogens with zero attached hydrogens (tertiary/aromatic N) is 1. The average Bonchev–Trinajstić information content (AvgIpc) is 2.83. The molecule has 1 fully saturated rings. The van der Waals surface area contributed by atoms with Crippen molar-refractivity contribution < 1.29 is 23.9 Å². The maximum Gasteiger partial charge on any atom is 0.335 e. The van der Waals surface area contributed by atoms with Crippen molar-refractivity contribution in [2.45, 2.75) is 20.5 Å². The smallest absolute Gasteiger partial charge is 0.335 e. The lowest BCUT2D eigenvalue weighted by molar-refractivity contribution is -0.122. The number of amides is 4. The normalized spacial score (nSPS) is 14.8. The van der Waals surface area contributed by atoms with E-state index < -0.39 is 17.8 Å².